The van der Waals surface area contributed by atoms with Gasteiger partial charge in [0.25, 0.3) is 5.91 Å². The number of carboxylic acid groups (broad SMARTS) is 1. The van der Waals surface area contributed by atoms with Crippen molar-refractivity contribution in [3.05, 3.63) is 30.3 Å². The van der Waals surface area contributed by atoms with Gasteiger partial charge in [-0.2, -0.15) is 0 Å². The van der Waals surface area contributed by atoms with Crippen LogP contribution >= 0.6 is 0 Å². The number of carbonyl (C=O) groups excluding carboxylic acids is 2. The van der Waals surface area contributed by atoms with Gasteiger partial charge in [0.1, 0.15) is 6.04 Å². The number of imide groups is 1. The van der Waals surface area contributed by atoms with Crippen LogP contribution in [0.3, 0.4) is 0 Å². The number of rotatable bonds is 5. The highest BCUT2D eigenvalue weighted by Crippen LogP contribution is 2.25. The summed E-state index contributed by atoms with van der Waals surface area (Å²) in [5.41, 5.74) is 0.478. The molecule has 0 bridgehead atoms. The Balaban J connectivity index is 2.24. The Bertz CT molecular complexity index is 606. The van der Waals surface area contributed by atoms with Crippen molar-refractivity contribution in [2.24, 2.45) is 0 Å². The maximum absolute atomic E-state index is 12.4. The summed E-state index contributed by atoms with van der Waals surface area (Å²) in [6.45, 7) is -0.380. The molecule has 0 saturated carbocycles. The number of anilines is 1. The third-order valence-corrected chi connectivity index (χ3v) is 3.21. The fourth-order valence-electron chi connectivity index (χ4n) is 2.32. The number of hydrogen-bond acceptors (Lipinski definition) is 4. The number of para-hydroxylation sites is 1. The quantitative estimate of drug-likeness (QED) is 0.624. The van der Waals surface area contributed by atoms with Gasteiger partial charge < -0.3 is 5.11 Å². The molecule has 0 radical (unpaired) electrons. The highest BCUT2D eigenvalue weighted by Gasteiger charge is 2.42. The molecule has 1 N–H and O–H groups in total. The Labute approximate surface area is 122 Å². The molecule has 108 valence electrons. The predicted octanol–water partition coefficient (Wildman–Crippen LogP) is 0.338. The zero-order valence-corrected chi connectivity index (χ0v) is 11.2. The molecule has 2 rings (SSSR count). The molecule has 0 spiro atoms. The number of carbonyl (C=O) groups is 3. The molecular weight excluding hydrogens is 272 g/mol. The van der Waals surface area contributed by atoms with E-state index < -0.39 is 17.9 Å². The Morgan fingerprint density at radius 2 is 2.05 bits per heavy atom. The lowest BCUT2D eigenvalue weighted by Crippen LogP contribution is -2.44. The van der Waals surface area contributed by atoms with E-state index >= 15 is 0 Å². The van der Waals surface area contributed by atoms with Gasteiger partial charge in [-0.1, -0.05) is 24.1 Å². The molecule has 1 aliphatic heterocycles. The average molecular weight is 286 g/mol. The molecule has 6 heteroatoms. The molecular formula is C15H14N2O4. The van der Waals surface area contributed by atoms with Crippen molar-refractivity contribution in [1.29, 1.82) is 0 Å². The fraction of sp³-hybridized carbons (Fsp3) is 0.267. The van der Waals surface area contributed by atoms with Crippen LogP contribution in [0.4, 0.5) is 5.69 Å². The molecule has 1 aliphatic rings. The molecule has 1 unspecified atom stereocenters. The van der Waals surface area contributed by atoms with Gasteiger partial charge in [-0.25, -0.2) is 4.90 Å². The van der Waals surface area contributed by atoms with Crippen molar-refractivity contribution in [3.8, 4) is 12.3 Å². The third kappa shape index (κ3) is 3.09. The first-order chi connectivity index (χ1) is 10.0. The topological polar surface area (TPSA) is 77.9 Å². The van der Waals surface area contributed by atoms with E-state index in [9.17, 15) is 14.4 Å². The largest absolute Gasteiger partial charge is 0.480 e. The molecule has 1 aromatic rings. The number of carboxylic acids is 1. The minimum atomic E-state index is -1.09. The van der Waals surface area contributed by atoms with Gasteiger partial charge >= 0.3 is 5.97 Å². The first-order valence-corrected chi connectivity index (χ1v) is 6.35. The molecule has 21 heavy (non-hydrogen) atoms. The van der Waals surface area contributed by atoms with Crippen molar-refractivity contribution in [3.63, 3.8) is 0 Å². The second-order valence-electron chi connectivity index (χ2n) is 4.63. The smallest absolute Gasteiger partial charge is 0.317 e. The van der Waals surface area contributed by atoms with E-state index in [2.05, 4.69) is 5.92 Å². The zero-order chi connectivity index (χ0) is 15.4. The van der Waals surface area contributed by atoms with Gasteiger partial charge in [-0.15, -0.1) is 6.42 Å². The monoisotopic (exact) mass is 286 g/mol. The molecule has 6 nitrogen and oxygen atoms in total. The predicted molar refractivity (Wildman–Crippen MR) is 75.4 cm³/mol. The second kappa shape index (κ2) is 6.20. The lowest BCUT2D eigenvalue weighted by molar-refractivity contribution is -0.139. The summed E-state index contributed by atoms with van der Waals surface area (Å²) in [4.78, 5) is 37.8. The van der Waals surface area contributed by atoms with E-state index in [1.54, 1.807) is 30.3 Å². The molecule has 1 heterocycles. The Morgan fingerprint density at radius 1 is 1.38 bits per heavy atom. The van der Waals surface area contributed by atoms with Crippen LogP contribution in [-0.2, 0) is 14.4 Å². The summed E-state index contributed by atoms with van der Waals surface area (Å²) in [5.74, 6) is 0.427. The average Bonchev–Trinajstić information content (AvgIpc) is 2.74. The highest BCUT2D eigenvalue weighted by atomic mass is 16.4. The van der Waals surface area contributed by atoms with Gasteiger partial charge in [0.2, 0.25) is 5.91 Å². The second-order valence-corrected chi connectivity index (χ2v) is 4.63. The van der Waals surface area contributed by atoms with Crippen LogP contribution in [0.25, 0.3) is 0 Å². The first kappa shape index (κ1) is 14.8. The Hall–Kier alpha value is -2.65. The summed E-state index contributed by atoms with van der Waals surface area (Å²) in [7, 11) is 0. The van der Waals surface area contributed by atoms with E-state index in [1.807, 2.05) is 0 Å². The number of terminal acetylenes is 1. The van der Waals surface area contributed by atoms with Gasteiger partial charge in [-0.05, 0) is 12.1 Å². The Morgan fingerprint density at radius 3 is 2.62 bits per heavy atom. The number of amides is 2. The SMILES string of the molecule is C#CCN(CC(=O)O)C1CC(=O)N(c2ccccc2)C1=O. The van der Waals surface area contributed by atoms with Crippen LogP contribution in [-0.4, -0.2) is 46.9 Å². The maximum Gasteiger partial charge on any atom is 0.317 e. The summed E-state index contributed by atoms with van der Waals surface area (Å²) >= 11 is 0. The number of hydrogen-bond donors (Lipinski definition) is 1. The number of nitrogens with zero attached hydrogens (tertiary/aromatic N) is 2. The lowest BCUT2D eigenvalue weighted by Gasteiger charge is -2.23. The summed E-state index contributed by atoms with van der Waals surface area (Å²) < 4.78 is 0. The molecule has 1 aromatic carbocycles. The molecule has 0 aliphatic carbocycles. The number of benzene rings is 1. The van der Waals surface area contributed by atoms with Crippen molar-refractivity contribution in [2.45, 2.75) is 12.5 Å². The Kier molecular flexibility index (Phi) is 4.36. The minimum Gasteiger partial charge on any atom is -0.480 e. The molecule has 1 saturated heterocycles. The van der Waals surface area contributed by atoms with Crippen LogP contribution in [0.2, 0.25) is 0 Å². The highest BCUT2D eigenvalue weighted by molar-refractivity contribution is 6.22. The molecule has 1 fully saturated rings. The zero-order valence-electron chi connectivity index (χ0n) is 11.2. The fourth-order valence-corrected chi connectivity index (χ4v) is 2.32. The number of aliphatic carboxylic acids is 1. The van der Waals surface area contributed by atoms with Gasteiger partial charge in [0.05, 0.1) is 25.2 Å². The first-order valence-electron chi connectivity index (χ1n) is 6.35. The van der Waals surface area contributed by atoms with Crippen LogP contribution in [0.5, 0.6) is 0 Å². The van der Waals surface area contributed by atoms with Crippen molar-refractivity contribution < 1.29 is 19.5 Å². The van der Waals surface area contributed by atoms with Crippen LogP contribution in [0.1, 0.15) is 6.42 Å². The van der Waals surface area contributed by atoms with E-state index in [4.69, 9.17) is 11.5 Å². The van der Waals surface area contributed by atoms with Gasteiger partial charge in [0, 0.05) is 0 Å². The van der Waals surface area contributed by atoms with Gasteiger partial charge in [0.15, 0.2) is 0 Å². The van der Waals surface area contributed by atoms with Crippen molar-refractivity contribution >= 4 is 23.5 Å². The summed E-state index contributed by atoms with van der Waals surface area (Å²) in [5, 5.41) is 8.89. The maximum atomic E-state index is 12.4. The molecule has 2 amide bonds. The lowest BCUT2D eigenvalue weighted by atomic mass is 10.2. The molecule has 1 atom stereocenters. The van der Waals surface area contributed by atoms with E-state index in [0.29, 0.717) is 5.69 Å². The van der Waals surface area contributed by atoms with Crippen molar-refractivity contribution in [1.82, 2.24) is 4.90 Å². The van der Waals surface area contributed by atoms with E-state index in [-0.39, 0.29) is 25.4 Å². The normalized spacial score (nSPS) is 18.1. The van der Waals surface area contributed by atoms with Gasteiger partial charge in [-0.3, -0.25) is 19.3 Å². The van der Waals surface area contributed by atoms with Crippen LogP contribution < -0.4 is 4.90 Å². The van der Waals surface area contributed by atoms with Crippen LogP contribution in [0.15, 0.2) is 30.3 Å². The third-order valence-electron chi connectivity index (χ3n) is 3.21. The molecule has 0 aromatic heterocycles. The van der Waals surface area contributed by atoms with Crippen molar-refractivity contribution in [2.75, 3.05) is 18.0 Å². The van der Waals surface area contributed by atoms with Crippen LogP contribution in [0, 0.1) is 12.3 Å². The van der Waals surface area contributed by atoms with E-state index in [0.717, 1.165) is 4.90 Å². The summed E-state index contributed by atoms with van der Waals surface area (Å²) in [6, 6.07) is 7.70. The standard InChI is InChI=1S/C15H14N2O4/c1-2-8-16(10-14(19)20)12-9-13(18)17(15(12)21)11-6-4-3-5-7-11/h1,3-7,12H,8-10H2,(H,19,20). The minimum absolute atomic E-state index is 0.00137. The van der Waals surface area contributed by atoms with E-state index in [1.165, 1.54) is 4.90 Å². The summed E-state index contributed by atoms with van der Waals surface area (Å²) in [6.07, 6.45) is 5.14.